The van der Waals surface area contributed by atoms with E-state index in [-0.39, 0.29) is 12.5 Å². The Morgan fingerprint density at radius 1 is 1.35 bits per heavy atom. The van der Waals surface area contributed by atoms with Crippen LogP contribution in [0.15, 0.2) is 30.3 Å². The highest BCUT2D eigenvalue weighted by Gasteiger charge is 2.42. The number of alkyl halides is 1. The minimum Gasteiger partial charge on any atom is -0.389 e. The number of β-amino-alcohol motifs (C(OH)–C–C–N with tert-alkyl or cyclic N) is 1. The molecule has 0 aromatic heterocycles. The third kappa shape index (κ3) is 4.50. The standard InChI is InChI=1S/C17H25FN2O3/c1-2-20(10-6-9-12-7-4-3-5-8-12)17(23)15-14(18)16(22)13(21)11-19-15/h3-5,7-8,13-16,19,21-22H,2,6,9-11H2,1H3/t13-,14+,15+,16+/m1/s1. The summed E-state index contributed by atoms with van der Waals surface area (Å²) in [6, 6.07) is 8.90. The van der Waals surface area contributed by atoms with Crippen molar-refractivity contribution in [3.63, 3.8) is 0 Å². The maximum Gasteiger partial charge on any atom is 0.242 e. The Morgan fingerprint density at radius 2 is 2.04 bits per heavy atom. The highest BCUT2D eigenvalue weighted by molar-refractivity contribution is 5.82. The average molecular weight is 324 g/mol. The second kappa shape index (κ2) is 8.38. The topological polar surface area (TPSA) is 72.8 Å². The van der Waals surface area contributed by atoms with E-state index in [1.807, 2.05) is 37.3 Å². The number of nitrogens with one attached hydrogen (secondary N) is 1. The summed E-state index contributed by atoms with van der Waals surface area (Å²) in [6.45, 7) is 2.88. The number of carbonyl (C=O) groups is 1. The van der Waals surface area contributed by atoms with Crippen LogP contribution in [-0.4, -0.2) is 65.1 Å². The number of benzene rings is 1. The highest BCUT2D eigenvalue weighted by Crippen LogP contribution is 2.16. The summed E-state index contributed by atoms with van der Waals surface area (Å²) in [5, 5.41) is 21.7. The monoisotopic (exact) mass is 324 g/mol. The highest BCUT2D eigenvalue weighted by atomic mass is 19.1. The summed E-state index contributed by atoms with van der Waals surface area (Å²) in [4.78, 5) is 14.1. The van der Waals surface area contributed by atoms with E-state index >= 15 is 0 Å². The third-order valence-electron chi connectivity index (χ3n) is 4.28. The second-order valence-electron chi connectivity index (χ2n) is 5.90. The third-order valence-corrected chi connectivity index (χ3v) is 4.28. The zero-order valence-corrected chi connectivity index (χ0v) is 13.4. The number of hydrogen-bond acceptors (Lipinski definition) is 4. The number of hydrogen-bond donors (Lipinski definition) is 3. The number of carbonyl (C=O) groups excluding carboxylic acids is 1. The summed E-state index contributed by atoms with van der Waals surface area (Å²) in [6.07, 6.45) is -2.86. The second-order valence-corrected chi connectivity index (χ2v) is 5.90. The molecule has 0 spiro atoms. The number of rotatable bonds is 6. The Bertz CT molecular complexity index is 500. The Labute approximate surface area is 136 Å². The molecular formula is C17H25FN2O3. The molecule has 1 saturated heterocycles. The molecule has 23 heavy (non-hydrogen) atoms. The molecule has 6 heteroatoms. The van der Waals surface area contributed by atoms with Gasteiger partial charge in [0, 0.05) is 19.6 Å². The number of piperidine rings is 1. The molecule has 1 amide bonds. The zero-order chi connectivity index (χ0) is 16.8. The van der Waals surface area contributed by atoms with Crippen LogP contribution in [0.25, 0.3) is 0 Å². The van der Waals surface area contributed by atoms with Crippen LogP contribution < -0.4 is 5.32 Å². The molecule has 1 aliphatic rings. The van der Waals surface area contributed by atoms with E-state index in [2.05, 4.69) is 5.32 Å². The van der Waals surface area contributed by atoms with Gasteiger partial charge in [-0.3, -0.25) is 4.79 Å². The normalized spacial score (nSPS) is 27.7. The Hall–Kier alpha value is -1.50. The van der Waals surface area contributed by atoms with Gasteiger partial charge in [-0.2, -0.15) is 0 Å². The molecule has 0 radical (unpaired) electrons. The molecule has 1 aliphatic heterocycles. The lowest BCUT2D eigenvalue weighted by molar-refractivity contribution is -0.141. The van der Waals surface area contributed by atoms with Crippen LogP contribution in [0.1, 0.15) is 18.9 Å². The molecule has 0 unspecified atom stereocenters. The Balaban J connectivity index is 1.88. The number of halogens is 1. The first-order valence-corrected chi connectivity index (χ1v) is 8.11. The van der Waals surface area contributed by atoms with Crippen LogP contribution in [0, 0.1) is 0 Å². The van der Waals surface area contributed by atoms with Gasteiger partial charge in [-0.15, -0.1) is 0 Å². The fraction of sp³-hybridized carbons (Fsp3) is 0.588. The number of likely N-dealkylation sites (N-methyl/N-ethyl adjacent to an activating group) is 1. The van der Waals surface area contributed by atoms with Crippen molar-refractivity contribution in [1.29, 1.82) is 0 Å². The van der Waals surface area contributed by atoms with E-state index in [0.717, 1.165) is 12.8 Å². The zero-order valence-electron chi connectivity index (χ0n) is 13.4. The lowest BCUT2D eigenvalue weighted by Gasteiger charge is -2.36. The average Bonchev–Trinajstić information content (AvgIpc) is 2.57. The molecule has 128 valence electrons. The molecule has 0 aliphatic carbocycles. The molecule has 2 rings (SSSR count). The van der Waals surface area contributed by atoms with Gasteiger partial charge in [0.1, 0.15) is 12.1 Å². The minimum atomic E-state index is -1.80. The van der Waals surface area contributed by atoms with Crippen LogP contribution in [0.4, 0.5) is 4.39 Å². The molecule has 1 aromatic carbocycles. The van der Waals surface area contributed by atoms with Crippen LogP contribution in [-0.2, 0) is 11.2 Å². The van der Waals surface area contributed by atoms with E-state index in [4.69, 9.17) is 0 Å². The molecular weight excluding hydrogens is 299 g/mol. The predicted molar refractivity (Wildman–Crippen MR) is 85.7 cm³/mol. The molecule has 3 N–H and O–H groups in total. The molecule has 1 fully saturated rings. The fourth-order valence-electron chi connectivity index (χ4n) is 2.85. The maximum atomic E-state index is 14.1. The van der Waals surface area contributed by atoms with Gasteiger partial charge in [0.25, 0.3) is 0 Å². The number of aliphatic hydroxyl groups is 2. The molecule has 0 saturated carbocycles. The van der Waals surface area contributed by atoms with E-state index in [9.17, 15) is 19.4 Å². The van der Waals surface area contributed by atoms with Crippen molar-refractivity contribution < 1.29 is 19.4 Å². The number of aliphatic hydroxyl groups excluding tert-OH is 2. The number of aryl methyl sites for hydroxylation is 1. The van der Waals surface area contributed by atoms with Gasteiger partial charge >= 0.3 is 0 Å². The first-order valence-electron chi connectivity index (χ1n) is 8.11. The van der Waals surface area contributed by atoms with E-state index < -0.39 is 24.4 Å². The summed E-state index contributed by atoms with van der Waals surface area (Å²) in [7, 11) is 0. The van der Waals surface area contributed by atoms with Gasteiger partial charge < -0.3 is 20.4 Å². The Kier molecular flexibility index (Phi) is 6.50. The largest absolute Gasteiger partial charge is 0.389 e. The predicted octanol–water partition coefficient (Wildman–Crippen LogP) is 0.499. The molecule has 0 bridgehead atoms. The van der Waals surface area contributed by atoms with Crippen molar-refractivity contribution in [1.82, 2.24) is 10.2 Å². The SMILES string of the molecule is CCN(CCCc1ccccc1)C(=O)[C@H]1NC[C@@H](O)[C@H](O)[C@H]1F. The van der Waals surface area contributed by atoms with Crippen molar-refractivity contribution in [2.24, 2.45) is 0 Å². The summed E-state index contributed by atoms with van der Waals surface area (Å²) >= 11 is 0. The van der Waals surface area contributed by atoms with Crippen LogP contribution in [0.2, 0.25) is 0 Å². The summed E-state index contributed by atoms with van der Waals surface area (Å²) < 4.78 is 14.1. The lowest BCUT2D eigenvalue weighted by atomic mass is 9.96. The fourth-order valence-corrected chi connectivity index (χ4v) is 2.85. The number of nitrogens with zero attached hydrogens (tertiary/aromatic N) is 1. The Morgan fingerprint density at radius 3 is 2.70 bits per heavy atom. The van der Waals surface area contributed by atoms with Gasteiger partial charge in [-0.25, -0.2) is 4.39 Å². The molecule has 1 heterocycles. The molecule has 5 nitrogen and oxygen atoms in total. The van der Waals surface area contributed by atoms with Crippen LogP contribution >= 0.6 is 0 Å². The number of amides is 1. The molecule has 4 atom stereocenters. The lowest BCUT2D eigenvalue weighted by Crippen LogP contribution is -2.63. The van der Waals surface area contributed by atoms with Crippen molar-refractivity contribution in [3.05, 3.63) is 35.9 Å². The van der Waals surface area contributed by atoms with Crippen molar-refractivity contribution in [2.45, 2.75) is 44.2 Å². The van der Waals surface area contributed by atoms with E-state index in [1.165, 1.54) is 5.56 Å². The van der Waals surface area contributed by atoms with Crippen molar-refractivity contribution in [3.8, 4) is 0 Å². The molecule has 1 aromatic rings. The van der Waals surface area contributed by atoms with Crippen molar-refractivity contribution >= 4 is 5.91 Å². The minimum absolute atomic E-state index is 0.0135. The first kappa shape index (κ1) is 17.8. The van der Waals surface area contributed by atoms with E-state index in [0.29, 0.717) is 13.1 Å². The summed E-state index contributed by atoms with van der Waals surface area (Å²) in [5.41, 5.74) is 1.20. The van der Waals surface area contributed by atoms with Gasteiger partial charge in [-0.05, 0) is 25.3 Å². The quantitative estimate of drug-likeness (QED) is 0.712. The smallest absolute Gasteiger partial charge is 0.242 e. The maximum absolute atomic E-state index is 14.1. The van der Waals surface area contributed by atoms with Gasteiger partial charge in [0.05, 0.1) is 6.10 Å². The van der Waals surface area contributed by atoms with Gasteiger partial charge in [0.2, 0.25) is 5.91 Å². The van der Waals surface area contributed by atoms with Crippen molar-refractivity contribution in [2.75, 3.05) is 19.6 Å². The summed E-state index contributed by atoms with van der Waals surface area (Å²) in [5.74, 6) is -0.362. The van der Waals surface area contributed by atoms with E-state index in [1.54, 1.807) is 4.90 Å². The van der Waals surface area contributed by atoms with Crippen LogP contribution in [0.5, 0.6) is 0 Å². The van der Waals surface area contributed by atoms with Gasteiger partial charge in [0.15, 0.2) is 6.17 Å². The van der Waals surface area contributed by atoms with Crippen LogP contribution in [0.3, 0.4) is 0 Å². The first-order chi connectivity index (χ1) is 11.0. The van der Waals surface area contributed by atoms with Gasteiger partial charge in [-0.1, -0.05) is 30.3 Å².